The zero-order chi connectivity index (χ0) is 27.4. The predicted molar refractivity (Wildman–Crippen MR) is 148 cm³/mol. The Balaban J connectivity index is 1.24. The molecular weight excluding hydrogens is 518 g/mol. The highest BCUT2D eigenvalue weighted by Gasteiger charge is 2.28. The zero-order valence-electron chi connectivity index (χ0n) is 22.1. The van der Waals surface area contributed by atoms with E-state index in [1.54, 1.807) is 0 Å². The fourth-order valence-electron chi connectivity index (χ4n) is 4.82. The molecule has 0 amide bonds. The Labute approximate surface area is 229 Å². The average Bonchev–Trinajstić information content (AvgIpc) is 3.71. The number of rotatable bonds is 12. The molecule has 1 N–H and O–H groups in total. The molecule has 1 aliphatic heterocycles. The van der Waals surface area contributed by atoms with Crippen LogP contribution in [0.15, 0.2) is 60.7 Å². The normalized spacial score (nSPS) is 16.3. The number of ether oxygens (including phenoxy) is 4. The SMILES string of the molecule is COC(=O)CC1COc2cc(OCc3cccc(-c4ccc(OCCNS(C)(=O)=O)cc4C4CC4)c3)ccc21. The average molecular weight is 552 g/mol. The third kappa shape index (κ3) is 7.10. The zero-order valence-corrected chi connectivity index (χ0v) is 23.0. The van der Waals surface area contributed by atoms with Gasteiger partial charge in [0.2, 0.25) is 10.0 Å². The third-order valence-corrected chi connectivity index (χ3v) is 7.65. The summed E-state index contributed by atoms with van der Waals surface area (Å²) in [5.74, 6) is 2.46. The summed E-state index contributed by atoms with van der Waals surface area (Å²) < 4.78 is 47.4. The number of esters is 1. The van der Waals surface area contributed by atoms with E-state index in [-0.39, 0.29) is 25.0 Å². The first kappa shape index (κ1) is 27.0. The number of fused-ring (bicyclic) bond motifs is 1. The molecule has 0 saturated heterocycles. The molecule has 0 aromatic heterocycles. The molecule has 1 heterocycles. The molecule has 1 unspecified atom stereocenters. The topological polar surface area (TPSA) is 100 Å². The number of hydrogen-bond donors (Lipinski definition) is 1. The summed E-state index contributed by atoms with van der Waals surface area (Å²) in [7, 11) is -1.84. The maximum atomic E-state index is 11.7. The van der Waals surface area contributed by atoms with Gasteiger partial charge >= 0.3 is 5.97 Å². The van der Waals surface area contributed by atoms with Crippen molar-refractivity contribution in [3.63, 3.8) is 0 Å². The highest BCUT2D eigenvalue weighted by atomic mass is 32.2. The number of carbonyl (C=O) groups excluding carboxylic acids is 1. The molecule has 1 fully saturated rings. The molecule has 0 spiro atoms. The van der Waals surface area contributed by atoms with Crippen molar-refractivity contribution in [2.24, 2.45) is 0 Å². The fraction of sp³-hybridized carbons (Fsp3) is 0.367. The number of hydrogen-bond acceptors (Lipinski definition) is 7. The van der Waals surface area contributed by atoms with Crippen molar-refractivity contribution >= 4 is 16.0 Å². The molecule has 39 heavy (non-hydrogen) atoms. The van der Waals surface area contributed by atoms with E-state index in [0.29, 0.717) is 31.3 Å². The lowest BCUT2D eigenvalue weighted by atomic mass is 9.95. The molecule has 1 aliphatic carbocycles. The van der Waals surface area contributed by atoms with Crippen LogP contribution in [0.2, 0.25) is 0 Å². The number of methoxy groups -OCH3 is 1. The van der Waals surface area contributed by atoms with E-state index < -0.39 is 10.0 Å². The summed E-state index contributed by atoms with van der Waals surface area (Å²) in [6.45, 7) is 1.36. The highest BCUT2D eigenvalue weighted by molar-refractivity contribution is 7.88. The lowest BCUT2D eigenvalue weighted by Gasteiger charge is -2.14. The van der Waals surface area contributed by atoms with Crippen molar-refractivity contribution in [3.05, 3.63) is 77.4 Å². The summed E-state index contributed by atoms with van der Waals surface area (Å²) in [6.07, 6.45) is 3.73. The van der Waals surface area contributed by atoms with Gasteiger partial charge < -0.3 is 18.9 Å². The van der Waals surface area contributed by atoms with Gasteiger partial charge in [-0.05, 0) is 65.3 Å². The minimum atomic E-state index is -3.23. The molecule has 3 aromatic rings. The van der Waals surface area contributed by atoms with Gasteiger partial charge in [-0.2, -0.15) is 0 Å². The number of benzene rings is 3. The molecule has 1 atom stereocenters. The standard InChI is InChI=1S/C30H33NO7S/c1-35-30(32)15-23-19-38-29-17-25(9-11-27(23)29)37-18-20-4-3-5-22(14-20)26-10-8-24(16-28(26)21-6-7-21)36-13-12-31-39(2,33)34/h3-5,8-11,14,16-17,21,23,31H,6-7,12-13,15,18-19H2,1-2H3. The largest absolute Gasteiger partial charge is 0.492 e. The summed E-state index contributed by atoms with van der Waals surface area (Å²) in [6, 6.07) is 20.2. The molecule has 1 saturated carbocycles. The highest BCUT2D eigenvalue weighted by Crippen LogP contribution is 2.46. The molecule has 0 radical (unpaired) electrons. The minimum Gasteiger partial charge on any atom is -0.492 e. The van der Waals surface area contributed by atoms with E-state index >= 15 is 0 Å². The molecular formula is C30H33NO7S. The summed E-state index contributed by atoms with van der Waals surface area (Å²) in [5, 5.41) is 0. The Morgan fingerprint density at radius 2 is 1.79 bits per heavy atom. The molecule has 3 aromatic carbocycles. The summed E-state index contributed by atoms with van der Waals surface area (Å²) >= 11 is 0. The van der Waals surface area contributed by atoms with Crippen molar-refractivity contribution in [3.8, 4) is 28.4 Å². The third-order valence-electron chi connectivity index (χ3n) is 6.92. The fourth-order valence-corrected chi connectivity index (χ4v) is 5.27. The van der Waals surface area contributed by atoms with Crippen molar-refractivity contribution in [1.82, 2.24) is 4.72 Å². The monoisotopic (exact) mass is 551 g/mol. The van der Waals surface area contributed by atoms with Crippen molar-refractivity contribution in [2.45, 2.75) is 37.7 Å². The van der Waals surface area contributed by atoms with Crippen molar-refractivity contribution in [2.75, 3.05) is 33.1 Å². The van der Waals surface area contributed by atoms with Gasteiger partial charge in [-0.15, -0.1) is 0 Å². The van der Waals surface area contributed by atoms with Gasteiger partial charge in [0.15, 0.2) is 0 Å². The van der Waals surface area contributed by atoms with Crippen LogP contribution in [-0.2, 0) is 26.2 Å². The van der Waals surface area contributed by atoms with Gasteiger partial charge in [-0.25, -0.2) is 13.1 Å². The first-order valence-corrected chi connectivity index (χ1v) is 15.0. The van der Waals surface area contributed by atoms with Gasteiger partial charge in [0.1, 0.15) is 30.5 Å². The Hall–Kier alpha value is -3.56. The molecule has 2 aliphatic rings. The molecule has 5 rings (SSSR count). The quantitative estimate of drug-likeness (QED) is 0.256. The molecule has 9 heteroatoms. The number of nitrogens with one attached hydrogen (secondary N) is 1. The van der Waals surface area contributed by atoms with Crippen LogP contribution in [0.4, 0.5) is 0 Å². The first-order chi connectivity index (χ1) is 18.8. The second kappa shape index (κ2) is 11.7. The summed E-state index contributed by atoms with van der Waals surface area (Å²) in [5.41, 5.74) is 5.58. The minimum absolute atomic E-state index is 0.000198. The van der Waals surface area contributed by atoms with Crippen LogP contribution in [0.3, 0.4) is 0 Å². The van der Waals surface area contributed by atoms with Crippen LogP contribution < -0.4 is 18.9 Å². The van der Waals surface area contributed by atoms with Crippen LogP contribution in [0, 0.1) is 0 Å². The first-order valence-electron chi connectivity index (χ1n) is 13.1. The van der Waals surface area contributed by atoms with Gasteiger partial charge in [0.25, 0.3) is 0 Å². The van der Waals surface area contributed by atoms with Gasteiger partial charge in [0.05, 0.1) is 26.4 Å². The number of sulfonamides is 1. The molecule has 8 nitrogen and oxygen atoms in total. The van der Waals surface area contributed by atoms with Crippen LogP contribution >= 0.6 is 0 Å². The second-order valence-corrected chi connectivity index (χ2v) is 11.8. The van der Waals surface area contributed by atoms with E-state index in [4.69, 9.17) is 18.9 Å². The van der Waals surface area contributed by atoms with Gasteiger partial charge in [0, 0.05) is 24.1 Å². The Morgan fingerprint density at radius 1 is 1.00 bits per heavy atom. The van der Waals surface area contributed by atoms with Crippen molar-refractivity contribution in [1.29, 1.82) is 0 Å². The van der Waals surface area contributed by atoms with Crippen LogP contribution in [0.25, 0.3) is 11.1 Å². The Kier molecular flexibility index (Phi) is 8.09. The lowest BCUT2D eigenvalue weighted by molar-refractivity contribution is -0.141. The maximum Gasteiger partial charge on any atom is 0.306 e. The van der Waals surface area contributed by atoms with Crippen molar-refractivity contribution < 1.29 is 32.2 Å². The molecule has 0 bridgehead atoms. The predicted octanol–water partition coefficient (Wildman–Crippen LogP) is 4.78. The Morgan fingerprint density at radius 3 is 2.56 bits per heavy atom. The van der Waals surface area contributed by atoms with E-state index in [0.717, 1.165) is 47.3 Å². The van der Waals surface area contributed by atoms with E-state index in [2.05, 4.69) is 29.0 Å². The summed E-state index contributed by atoms with van der Waals surface area (Å²) in [4.78, 5) is 11.7. The smallest absolute Gasteiger partial charge is 0.306 e. The van der Waals surface area contributed by atoms with Crippen LogP contribution in [0.5, 0.6) is 17.2 Å². The second-order valence-electron chi connectivity index (χ2n) is 10.0. The van der Waals surface area contributed by atoms with E-state index in [9.17, 15) is 13.2 Å². The van der Waals surface area contributed by atoms with Gasteiger partial charge in [-0.3, -0.25) is 4.79 Å². The Bertz CT molecular complexity index is 1450. The van der Waals surface area contributed by atoms with Gasteiger partial charge in [-0.1, -0.05) is 30.3 Å². The maximum absolute atomic E-state index is 11.7. The number of carbonyl (C=O) groups is 1. The van der Waals surface area contributed by atoms with E-state index in [1.165, 1.54) is 18.2 Å². The molecule has 206 valence electrons. The van der Waals surface area contributed by atoms with Crippen LogP contribution in [-0.4, -0.2) is 47.5 Å². The lowest BCUT2D eigenvalue weighted by Crippen LogP contribution is -2.26. The van der Waals surface area contributed by atoms with E-state index in [1.807, 2.05) is 36.4 Å². The van der Waals surface area contributed by atoms with Crippen LogP contribution in [0.1, 0.15) is 47.8 Å².